The Balaban J connectivity index is 1.79. The molecule has 3 aromatic rings. The van der Waals surface area contributed by atoms with Crippen LogP contribution in [0.1, 0.15) is 33.8 Å². The van der Waals surface area contributed by atoms with Crippen LogP contribution in [0.15, 0.2) is 67.0 Å². The quantitative estimate of drug-likeness (QED) is 0.566. The van der Waals surface area contributed by atoms with Gasteiger partial charge in [0.1, 0.15) is 0 Å². The van der Waals surface area contributed by atoms with Crippen molar-refractivity contribution in [2.45, 2.75) is 12.1 Å². The molecule has 1 aliphatic heterocycles. The van der Waals surface area contributed by atoms with Crippen LogP contribution in [-0.2, 0) is 4.74 Å². The fraction of sp³-hybridized carbons (Fsp3) is 0.227. The van der Waals surface area contributed by atoms with Crippen molar-refractivity contribution >= 4 is 23.3 Å². The number of methoxy groups -OCH3 is 1. The predicted octanol–water partition coefficient (Wildman–Crippen LogP) is 3.19. The number of aromatic carboxylic acids is 1. The molecule has 30 heavy (non-hydrogen) atoms. The normalized spacial score (nSPS) is 18.4. The summed E-state index contributed by atoms with van der Waals surface area (Å²) in [7, 11) is 1.66. The predicted molar refractivity (Wildman–Crippen MR) is 117 cm³/mol. The number of hydrogen-bond donors (Lipinski definition) is 2. The Morgan fingerprint density at radius 3 is 2.83 bits per heavy atom. The summed E-state index contributed by atoms with van der Waals surface area (Å²) in [5.74, 6) is -0.956. The minimum atomic E-state index is -0.956. The fourth-order valence-corrected chi connectivity index (χ4v) is 4.15. The van der Waals surface area contributed by atoms with Crippen molar-refractivity contribution in [3.05, 3.63) is 83.9 Å². The van der Waals surface area contributed by atoms with Crippen LogP contribution in [0.3, 0.4) is 0 Å². The Kier molecular flexibility index (Phi) is 5.78. The number of pyridine rings is 1. The van der Waals surface area contributed by atoms with Crippen molar-refractivity contribution in [3.8, 4) is 5.69 Å². The molecule has 1 aromatic carbocycles. The number of carboxylic acids is 1. The first-order chi connectivity index (χ1) is 14.6. The highest BCUT2D eigenvalue weighted by molar-refractivity contribution is 7.80. The number of aromatic nitrogens is 2. The zero-order chi connectivity index (χ0) is 21.1. The first-order valence-electron chi connectivity index (χ1n) is 9.58. The van der Waals surface area contributed by atoms with Gasteiger partial charge in [0.05, 0.1) is 29.9 Å². The number of carboxylic acid groups (broad SMARTS) is 1. The second-order valence-electron chi connectivity index (χ2n) is 6.97. The first-order valence-corrected chi connectivity index (χ1v) is 9.99. The molecule has 0 spiro atoms. The maximum absolute atomic E-state index is 11.4. The minimum absolute atomic E-state index is 0.133. The molecule has 1 fully saturated rings. The largest absolute Gasteiger partial charge is 0.478 e. The average Bonchev–Trinajstić information content (AvgIpc) is 3.37. The van der Waals surface area contributed by atoms with E-state index in [0.717, 1.165) is 17.1 Å². The van der Waals surface area contributed by atoms with Crippen molar-refractivity contribution < 1.29 is 14.6 Å². The van der Waals surface area contributed by atoms with Crippen molar-refractivity contribution in [2.75, 3.05) is 20.3 Å². The van der Waals surface area contributed by atoms with Crippen LogP contribution in [0, 0.1) is 0 Å². The summed E-state index contributed by atoms with van der Waals surface area (Å²) in [4.78, 5) is 18.1. The molecule has 0 radical (unpaired) electrons. The third-order valence-electron chi connectivity index (χ3n) is 5.19. The van der Waals surface area contributed by atoms with Gasteiger partial charge in [0.15, 0.2) is 5.11 Å². The number of ether oxygens (including phenoxy) is 1. The molecule has 2 atom stereocenters. The second-order valence-corrected chi connectivity index (χ2v) is 7.36. The molecule has 4 rings (SSSR count). The SMILES string of the molecule is COCCN1C(=S)N[C@@H](c2ccccn2)[C@@H]1c1cccn1-c1cccc(C(=O)O)c1. The lowest BCUT2D eigenvalue weighted by molar-refractivity contribution is 0.0697. The molecule has 0 saturated carbocycles. The minimum Gasteiger partial charge on any atom is -0.478 e. The van der Waals surface area contributed by atoms with Gasteiger partial charge in [-0.1, -0.05) is 12.1 Å². The summed E-state index contributed by atoms with van der Waals surface area (Å²) in [6.07, 6.45) is 3.70. The van der Waals surface area contributed by atoms with Crippen LogP contribution >= 0.6 is 12.2 Å². The van der Waals surface area contributed by atoms with Crippen molar-refractivity contribution in [2.24, 2.45) is 0 Å². The monoisotopic (exact) mass is 422 g/mol. The summed E-state index contributed by atoms with van der Waals surface area (Å²) < 4.78 is 7.30. The van der Waals surface area contributed by atoms with E-state index in [9.17, 15) is 9.90 Å². The molecule has 0 amide bonds. The van der Waals surface area contributed by atoms with E-state index >= 15 is 0 Å². The number of benzene rings is 1. The van der Waals surface area contributed by atoms with Gasteiger partial charge in [0, 0.05) is 37.4 Å². The van der Waals surface area contributed by atoms with Crippen LogP contribution in [0.5, 0.6) is 0 Å². The smallest absolute Gasteiger partial charge is 0.335 e. The Morgan fingerprint density at radius 2 is 2.10 bits per heavy atom. The molecular formula is C22H22N4O3S. The van der Waals surface area contributed by atoms with Gasteiger partial charge in [-0.25, -0.2) is 4.79 Å². The molecule has 3 heterocycles. The molecule has 1 saturated heterocycles. The lowest BCUT2D eigenvalue weighted by atomic mass is 10.0. The summed E-state index contributed by atoms with van der Waals surface area (Å²) >= 11 is 5.64. The molecule has 0 unspecified atom stereocenters. The van der Waals surface area contributed by atoms with Gasteiger partial charge >= 0.3 is 5.97 Å². The van der Waals surface area contributed by atoms with Gasteiger partial charge in [-0.15, -0.1) is 0 Å². The summed E-state index contributed by atoms with van der Waals surface area (Å²) in [6.45, 7) is 1.15. The summed E-state index contributed by atoms with van der Waals surface area (Å²) in [5, 5.41) is 13.4. The second kappa shape index (κ2) is 8.64. The average molecular weight is 423 g/mol. The van der Waals surface area contributed by atoms with E-state index in [4.69, 9.17) is 17.0 Å². The van der Waals surface area contributed by atoms with Crippen LogP contribution < -0.4 is 5.32 Å². The molecule has 154 valence electrons. The highest BCUT2D eigenvalue weighted by Gasteiger charge is 2.41. The van der Waals surface area contributed by atoms with Gasteiger partial charge in [-0.3, -0.25) is 4.98 Å². The van der Waals surface area contributed by atoms with Crippen LogP contribution in [0.2, 0.25) is 0 Å². The van der Waals surface area contributed by atoms with Gasteiger partial charge in [0.25, 0.3) is 0 Å². The number of nitrogens with one attached hydrogen (secondary N) is 1. The highest BCUT2D eigenvalue weighted by Crippen LogP contribution is 2.39. The number of thiocarbonyl (C=S) groups is 1. The Morgan fingerprint density at radius 1 is 1.23 bits per heavy atom. The summed E-state index contributed by atoms with van der Waals surface area (Å²) in [6, 6.07) is 16.4. The standard InChI is InChI=1S/C22H22N4O3S/c1-29-13-12-26-20(19(24-22(26)30)17-8-2-3-10-23-17)18-9-5-11-25(18)16-7-4-6-15(14-16)21(27)28/h2-11,14,19-20H,12-13H2,1H3,(H,24,30)(H,27,28)/t19-,20-/m0/s1. The van der Waals surface area contributed by atoms with E-state index < -0.39 is 5.97 Å². The van der Waals surface area contributed by atoms with Gasteiger partial charge in [0.2, 0.25) is 0 Å². The van der Waals surface area contributed by atoms with Crippen molar-refractivity contribution in [1.82, 2.24) is 19.8 Å². The van der Waals surface area contributed by atoms with E-state index in [2.05, 4.69) is 15.2 Å². The topological polar surface area (TPSA) is 79.6 Å². The molecule has 7 nitrogen and oxygen atoms in total. The first kappa shape index (κ1) is 20.1. The fourth-order valence-electron chi connectivity index (χ4n) is 3.82. The lowest BCUT2D eigenvalue weighted by Gasteiger charge is -2.28. The van der Waals surface area contributed by atoms with Gasteiger partial charge in [-0.2, -0.15) is 0 Å². The molecule has 1 aliphatic rings. The molecule has 2 N–H and O–H groups in total. The van der Waals surface area contributed by atoms with Crippen molar-refractivity contribution in [1.29, 1.82) is 0 Å². The van der Waals surface area contributed by atoms with E-state index in [1.54, 1.807) is 31.5 Å². The Hall–Kier alpha value is -3.23. The third kappa shape index (κ3) is 3.79. The van der Waals surface area contributed by atoms with E-state index in [-0.39, 0.29) is 17.6 Å². The maximum atomic E-state index is 11.4. The molecular weight excluding hydrogens is 400 g/mol. The van der Waals surface area contributed by atoms with E-state index in [1.807, 2.05) is 47.2 Å². The molecule has 8 heteroatoms. The molecule has 0 bridgehead atoms. The van der Waals surface area contributed by atoms with E-state index in [0.29, 0.717) is 18.3 Å². The lowest BCUT2D eigenvalue weighted by Crippen LogP contribution is -2.33. The van der Waals surface area contributed by atoms with E-state index in [1.165, 1.54) is 0 Å². The van der Waals surface area contributed by atoms with Crippen molar-refractivity contribution in [3.63, 3.8) is 0 Å². The number of nitrogens with zero attached hydrogens (tertiary/aromatic N) is 3. The molecule has 2 aromatic heterocycles. The van der Waals surface area contributed by atoms with Crippen LogP contribution in [-0.4, -0.2) is 50.9 Å². The Bertz CT molecular complexity index is 1050. The van der Waals surface area contributed by atoms with Crippen LogP contribution in [0.4, 0.5) is 0 Å². The highest BCUT2D eigenvalue weighted by atomic mass is 32.1. The zero-order valence-corrected chi connectivity index (χ0v) is 17.2. The Labute approximate surface area is 179 Å². The number of carbonyl (C=O) groups is 1. The number of hydrogen-bond acceptors (Lipinski definition) is 4. The van der Waals surface area contributed by atoms with Gasteiger partial charge < -0.3 is 24.6 Å². The maximum Gasteiger partial charge on any atom is 0.335 e. The number of rotatable bonds is 7. The summed E-state index contributed by atoms with van der Waals surface area (Å²) in [5.41, 5.74) is 2.89. The van der Waals surface area contributed by atoms with Gasteiger partial charge in [-0.05, 0) is 54.7 Å². The zero-order valence-electron chi connectivity index (χ0n) is 16.4. The van der Waals surface area contributed by atoms with Crippen LogP contribution in [0.25, 0.3) is 5.69 Å². The molecule has 0 aliphatic carbocycles. The third-order valence-corrected chi connectivity index (χ3v) is 5.54.